The van der Waals surface area contributed by atoms with Gasteiger partial charge in [0.25, 0.3) is 0 Å². The van der Waals surface area contributed by atoms with Crippen molar-refractivity contribution in [3.8, 4) is 0 Å². The summed E-state index contributed by atoms with van der Waals surface area (Å²) in [6.07, 6.45) is 0.922. The molecule has 1 fully saturated rings. The largest absolute Gasteiger partial charge is 0.308 e. The van der Waals surface area contributed by atoms with Gasteiger partial charge in [-0.25, -0.2) is 8.42 Å². The highest BCUT2D eigenvalue weighted by Gasteiger charge is 2.28. The summed E-state index contributed by atoms with van der Waals surface area (Å²) in [5, 5.41) is 0. The van der Waals surface area contributed by atoms with Crippen LogP contribution in [0.3, 0.4) is 0 Å². The van der Waals surface area contributed by atoms with Crippen LogP contribution in [-0.2, 0) is 16.4 Å². The molecule has 22 heavy (non-hydrogen) atoms. The maximum absolute atomic E-state index is 12.7. The molecule has 1 aliphatic heterocycles. The minimum atomic E-state index is -3.35. The molecule has 1 heterocycles. The zero-order valence-corrected chi connectivity index (χ0v) is 14.6. The van der Waals surface area contributed by atoms with Crippen molar-refractivity contribution in [3.05, 3.63) is 29.8 Å². The van der Waals surface area contributed by atoms with Crippen LogP contribution < -0.4 is 0 Å². The molecule has 0 N–H and O–H groups in total. The maximum atomic E-state index is 12.7. The van der Waals surface area contributed by atoms with E-state index in [1.165, 1.54) is 0 Å². The number of rotatable bonds is 6. The van der Waals surface area contributed by atoms with Gasteiger partial charge in [0.2, 0.25) is 10.0 Å². The maximum Gasteiger partial charge on any atom is 0.243 e. The molecule has 0 aliphatic carbocycles. The summed E-state index contributed by atoms with van der Waals surface area (Å²) < 4.78 is 26.9. The lowest BCUT2D eigenvalue weighted by Gasteiger charge is -2.34. The Labute approximate surface area is 134 Å². The zero-order chi connectivity index (χ0) is 16.2. The molecule has 1 aromatic carbocycles. The second-order valence-electron chi connectivity index (χ2n) is 6.05. The van der Waals surface area contributed by atoms with Gasteiger partial charge in [-0.2, -0.15) is 4.31 Å². The van der Waals surface area contributed by atoms with Gasteiger partial charge < -0.3 is 4.90 Å². The third-order valence-electron chi connectivity index (χ3n) is 4.16. The van der Waals surface area contributed by atoms with E-state index in [4.69, 9.17) is 0 Å². The first-order chi connectivity index (χ1) is 10.4. The van der Waals surface area contributed by atoms with Crippen LogP contribution in [0.5, 0.6) is 0 Å². The highest BCUT2D eigenvalue weighted by Crippen LogP contribution is 2.18. The molecule has 0 unspecified atom stereocenters. The summed E-state index contributed by atoms with van der Waals surface area (Å²) in [6, 6.07) is 7.26. The fourth-order valence-electron chi connectivity index (χ4n) is 2.58. The van der Waals surface area contributed by atoms with Gasteiger partial charge in [0.05, 0.1) is 4.90 Å². The SMILES string of the molecule is CCc1ccc(S(=O)(=O)N2CCN(CCN(C)C)CC2)cc1. The molecule has 0 bridgehead atoms. The summed E-state index contributed by atoms with van der Waals surface area (Å²) in [5.74, 6) is 0. The molecule has 5 nitrogen and oxygen atoms in total. The molecule has 0 radical (unpaired) electrons. The van der Waals surface area contributed by atoms with E-state index < -0.39 is 10.0 Å². The van der Waals surface area contributed by atoms with Crippen molar-refractivity contribution in [2.45, 2.75) is 18.2 Å². The quantitative estimate of drug-likeness (QED) is 0.786. The van der Waals surface area contributed by atoms with Crippen molar-refractivity contribution < 1.29 is 8.42 Å². The normalized spacial score (nSPS) is 18.0. The first-order valence-corrected chi connectivity index (χ1v) is 9.33. The van der Waals surface area contributed by atoms with E-state index in [1.807, 2.05) is 12.1 Å². The van der Waals surface area contributed by atoms with Crippen molar-refractivity contribution in [1.82, 2.24) is 14.1 Å². The summed E-state index contributed by atoms with van der Waals surface area (Å²) >= 11 is 0. The molecule has 1 saturated heterocycles. The number of piperazine rings is 1. The van der Waals surface area contributed by atoms with E-state index in [9.17, 15) is 8.42 Å². The lowest BCUT2D eigenvalue weighted by atomic mass is 10.2. The van der Waals surface area contributed by atoms with Crippen LogP contribution >= 0.6 is 0 Å². The third-order valence-corrected chi connectivity index (χ3v) is 6.08. The summed E-state index contributed by atoms with van der Waals surface area (Å²) in [7, 11) is 0.767. The molecule has 0 amide bonds. The number of likely N-dealkylation sites (N-methyl/N-ethyl adjacent to an activating group) is 1. The zero-order valence-electron chi connectivity index (χ0n) is 13.8. The van der Waals surface area contributed by atoms with Gasteiger partial charge in [-0.15, -0.1) is 0 Å². The molecule has 1 aliphatic rings. The predicted molar refractivity (Wildman–Crippen MR) is 89.6 cm³/mol. The van der Waals surface area contributed by atoms with Crippen LogP contribution in [0.15, 0.2) is 29.2 Å². The first-order valence-electron chi connectivity index (χ1n) is 7.89. The smallest absolute Gasteiger partial charge is 0.243 e. The van der Waals surface area contributed by atoms with Gasteiger partial charge in [0, 0.05) is 39.3 Å². The predicted octanol–water partition coefficient (Wildman–Crippen LogP) is 1.12. The molecule has 6 heteroatoms. The second kappa shape index (κ2) is 7.55. The van der Waals surface area contributed by atoms with Crippen LogP contribution in [0.25, 0.3) is 0 Å². The Hall–Kier alpha value is -0.950. The number of benzene rings is 1. The van der Waals surface area contributed by atoms with Crippen LogP contribution in [-0.4, -0.2) is 75.9 Å². The van der Waals surface area contributed by atoms with Crippen LogP contribution in [0.1, 0.15) is 12.5 Å². The fraction of sp³-hybridized carbons (Fsp3) is 0.625. The van der Waals surface area contributed by atoms with Crippen molar-refractivity contribution in [3.63, 3.8) is 0 Å². The van der Waals surface area contributed by atoms with Crippen LogP contribution in [0.4, 0.5) is 0 Å². The minimum absolute atomic E-state index is 0.409. The minimum Gasteiger partial charge on any atom is -0.308 e. The lowest BCUT2D eigenvalue weighted by molar-refractivity contribution is 0.174. The number of aryl methyl sites for hydroxylation is 1. The van der Waals surface area contributed by atoms with E-state index in [2.05, 4.69) is 30.8 Å². The Kier molecular flexibility index (Phi) is 5.97. The second-order valence-corrected chi connectivity index (χ2v) is 7.98. The van der Waals surface area contributed by atoms with Crippen molar-refractivity contribution in [2.75, 3.05) is 53.4 Å². The first kappa shape index (κ1) is 17.4. The van der Waals surface area contributed by atoms with Crippen LogP contribution in [0.2, 0.25) is 0 Å². The van der Waals surface area contributed by atoms with E-state index in [0.29, 0.717) is 18.0 Å². The Balaban J connectivity index is 1.96. The number of hydrogen-bond donors (Lipinski definition) is 0. The molecule has 1 aromatic rings. The molecular weight excluding hydrogens is 298 g/mol. The fourth-order valence-corrected chi connectivity index (χ4v) is 4.00. The molecule has 0 atom stereocenters. The topological polar surface area (TPSA) is 43.9 Å². The highest BCUT2D eigenvalue weighted by atomic mass is 32.2. The molecular formula is C16H27N3O2S. The third kappa shape index (κ3) is 4.29. The Bertz CT molecular complexity index is 562. The average molecular weight is 325 g/mol. The molecule has 0 spiro atoms. The Morgan fingerprint density at radius 3 is 2.14 bits per heavy atom. The van der Waals surface area contributed by atoms with Crippen LogP contribution in [0, 0.1) is 0 Å². The van der Waals surface area contributed by atoms with Gasteiger partial charge in [-0.3, -0.25) is 4.90 Å². The van der Waals surface area contributed by atoms with E-state index in [0.717, 1.165) is 38.2 Å². The van der Waals surface area contributed by atoms with Gasteiger partial charge >= 0.3 is 0 Å². The molecule has 0 saturated carbocycles. The Morgan fingerprint density at radius 1 is 1.05 bits per heavy atom. The highest BCUT2D eigenvalue weighted by molar-refractivity contribution is 7.89. The number of hydrogen-bond acceptors (Lipinski definition) is 4. The summed E-state index contributed by atoms with van der Waals surface area (Å²) in [5.41, 5.74) is 1.16. The van der Waals surface area contributed by atoms with E-state index in [-0.39, 0.29) is 0 Å². The molecule has 2 rings (SSSR count). The summed E-state index contributed by atoms with van der Waals surface area (Å²) in [4.78, 5) is 4.89. The molecule has 124 valence electrons. The van der Waals surface area contributed by atoms with Gasteiger partial charge in [0.1, 0.15) is 0 Å². The van der Waals surface area contributed by atoms with Crippen molar-refractivity contribution >= 4 is 10.0 Å². The monoisotopic (exact) mass is 325 g/mol. The molecule has 0 aromatic heterocycles. The Morgan fingerprint density at radius 2 is 1.64 bits per heavy atom. The standard InChI is InChI=1S/C16H27N3O2S/c1-4-15-5-7-16(8-6-15)22(20,21)19-13-11-18(12-14-19)10-9-17(2)3/h5-8H,4,9-14H2,1-3H3. The average Bonchev–Trinajstić information content (AvgIpc) is 2.53. The number of sulfonamides is 1. The van der Waals surface area contributed by atoms with E-state index >= 15 is 0 Å². The van der Waals surface area contributed by atoms with Gasteiger partial charge in [-0.1, -0.05) is 19.1 Å². The summed E-state index contributed by atoms with van der Waals surface area (Å²) in [6.45, 7) is 6.82. The van der Waals surface area contributed by atoms with Crippen molar-refractivity contribution in [1.29, 1.82) is 0 Å². The van der Waals surface area contributed by atoms with E-state index in [1.54, 1.807) is 16.4 Å². The lowest BCUT2D eigenvalue weighted by Crippen LogP contribution is -2.49. The van der Waals surface area contributed by atoms with Gasteiger partial charge in [0.15, 0.2) is 0 Å². The van der Waals surface area contributed by atoms with Crippen molar-refractivity contribution in [2.24, 2.45) is 0 Å². The number of nitrogens with zero attached hydrogens (tertiary/aromatic N) is 3. The van der Waals surface area contributed by atoms with Gasteiger partial charge in [-0.05, 0) is 38.2 Å².